The minimum atomic E-state index is -0.584. The summed E-state index contributed by atoms with van der Waals surface area (Å²) in [5, 5.41) is 20.8. The number of rotatable bonds is 8. The van der Waals surface area contributed by atoms with Crippen molar-refractivity contribution in [3.05, 3.63) is 64.9 Å². The molecule has 0 aliphatic carbocycles. The summed E-state index contributed by atoms with van der Waals surface area (Å²) >= 11 is 5.88. The molecular weight excluding hydrogens is 422 g/mol. The number of methoxy groups -OCH3 is 1. The molecule has 0 aliphatic heterocycles. The largest absolute Gasteiger partial charge is 0.497 e. The highest BCUT2D eigenvalue weighted by Gasteiger charge is 2.21. The molecular formula is C20H22ClN7O3. The number of tetrazole rings is 1. The van der Waals surface area contributed by atoms with Crippen LogP contribution in [0.4, 0.5) is 10.5 Å². The monoisotopic (exact) mass is 443 g/mol. The summed E-state index contributed by atoms with van der Waals surface area (Å²) in [5.74, 6) is 0.749. The van der Waals surface area contributed by atoms with Crippen molar-refractivity contribution in [3.63, 3.8) is 0 Å². The van der Waals surface area contributed by atoms with Crippen molar-refractivity contribution in [1.82, 2.24) is 30.8 Å². The Balaban J connectivity index is 1.76. The molecule has 162 valence electrons. The van der Waals surface area contributed by atoms with E-state index in [1.54, 1.807) is 31.4 Å². The molecule has 1 heterocycles. The first kappa shape index (κ1) is 22.0. The number of urea groups is 1. The van der Waals surface area contributed by atoms with Crippen LogP contribution in [-0.4, -0.2) is 46.3 Å². The minimum Gasteiger partial charge on any atom is -0.497 e. The van der Waals surface area contributed by atoms with E-state index in [9.17, 15) is 9.59 Å². The first-order valence-corrected chi connectivity index (χ1v) is 9.79. The number of nitrogens with zero attached hydrogens (tertiary/aromatic N) is 4. The summed E-state index contributed by atoms with van der Waals surface area (Å²) in [6.07, 6.45) is 0.406. The van der Waals surface area contributed by atoms with Gasteiger partial charge in [0, 0.05) is 24.2 Å². The Hall–Kier alpha value is -3.66. The van der Waals surface area contributed by atoms with Crippen LogP contribution in [0.15, 0.2) is 48.5 Å². The summed E-state index contributed by atoms with van der Waals surface area (Å²) in [6, 6.07) is 13.2. The Bertz CT molecular complexity index is 1020. The Labute approximate surface area is 183 Å². The number of nitrogens with one attached hydrogen (secondary N) is 3. The lowest BCUT2D eigenvalue weighted by atomic mass is 10.1. The van der Waals surface area contributed by atoms with E-state index in [1.165, 1.54) is 11.8 Å². The van der Waals surface area contributed by atoms with Crippen molar-refractivity contribution in [3.8, 4) is 5.75 Å². The number of hydrogen-bond acceptors (Lipinski definition) is 6. The van der Waals surface area contributed by atoms with Crippen LogP contribution < -0.4 is 20.7 Å². The van der Waals surface area contributed by atoms with Gasteiger partial charge in [-0.15, -0.1) is 10.2 Å². The summed E-state index contributed by atoms with van der Waals surface area (Å²) in [6.45, 7) is -0.0737. The molecule has 3 aromatic rings. The van der Waals surface area contributed by atoms with Crippen LogP contribution in [0.2, 0.25) is 5.02 Å². The van der Waals surface area contributed by atoms with Gasteiger partial charge in [-0.1, -0.05) is 23.7 Å². The Morgan fingerprint density at radius 2 is 1.84 bits per heavy atom. The highest BCUT2D eigenvalue weighted by molar-refractivity contribution is 6.30. The van der Waals surface area contributed by atoms with Crippen LogP contribution in [0.25, 0.3) is 0 Å². The lowest BCUT2D eigenvalue weighted by Crippen LogP contribution is -2.34. The summed E-state index contributed by atoms with van der Waals surface area (Å²) in [7, 11) is 3.12. The maximum absolute atomic E-state index is 12.6. The van der Waals surface area contributed by atoms with Gasteiger partial charge in [0.2, 0.25) is 5.91 Å². The molecule has 0 spiro atoms. The Kier molecular flexibility index (Phi) is 7.39. The molecule has 3 N–H and O–H groups in total. The lowest BCUT2D eigenvalue weighted by molar-refractivity contribution is -0.121. The van der Waals surface area contributed by atoms with Crippen molar-refractivity contribution in [2.45, 2.75) is 19.0 Å². The zero-order valence-corrected chi connectivity index (χ0v) is 17.8. The van der Waals surface area contributed by atoms with E-state index in [-0.39, 0.29) is 18.3 Å². The smallest absolute Gasteiger partial charge is 0.319 e. The second-order valence-corrected chi connectivity index (χ2v) is 7.00. The molecule has 0 fully saturated rings. The zero-order chi connectivity index (χ0) is 22.2. The van der Waals surface area contributed by atoms with Crippen LogP contribution in [-0.2, 0) is 17.8 Å². The van der Waals surface area contributed by atoms with E-state index in [4.69, 9.17) is 16.3 Å². The van der Waals surface area contributed by atoms with Crippen molar-refractivity contribution in [1.29, 1.82) is 0 Å². The number of ether oxygens (including phenoxy) is 1. The number of aromatic nitrogens is 4. The van der Waals surface area contributed by atoms with Gasteiger partial charge in [-0.3, -0.25) is 4.79 Å². The van der Waals surface area contributed by atoms with Crippen LogP contribution in [0.1, 0.15) is 17.4 Å². The predicted molar refractivity (Wildman–Crippen MR) is 115 cm³/mol. The fourth-order valence-corrected chi connectivity index (χ4v) is 2.86. The molecule has 0 aliphatic rings. The molecule has 0 radical (unpaired) electrons. The van der Waals surface area contributed by atoms with Gasteiger partial charge in [0.25, 0.3) is 0 Å². The Morgan fingerprint density at radius 1 is 1.13 bits per heavy atom. The molecule has 31 heavy (non-hydrogen) atoms. The molecule has 1 atom stereocenters. The molecule has 0 bridgehead atoms. The van der Waals surface area contributed by atoms with E-state index in [2.05, 4.69) is 31.4 Å². The number of halogens is 1. The second kappa shape index (κ2) is 10.4. The van der Waals surface area contributed by atoms with Crippen LogP contribution in [0, 0.1) is 0 Å². The predicted octanol–water partition coefficient (Wildman–Crippen LogP) is 2.19. The number of hydrogen-bond donors (Lipinski definition) is 3. The van der Waals surface area contributed by atoms with E-state index in [0.29, 0.717) is 17.1 Å². The van der Waals surface area contributed by atoms with Crippen molar-refractivity contribution < 1.29 is 14.3 Å². The fraction of sp³-hybridized carbons (Fsp3) is 0.250. The summed E-state index contributed by atoms with van der Waals surface area (Å²) in [5.41, 5.74) is 1.52. The highest BCUT2D eigenvalue weighted by Crippen LogP contribution is 2.19. The van der Waals surface area contributed by atoms with Gasteiger partial charge in [-0.25, -0.2) is 4.79 Å². The summed E-state index contributed by atoms with van der Waals surface area (Å²) in [4.78, 5) is 25.3. The van der Waals surface area contributed by atoms with Gasteiger partial charge in [0.05, 0.1) is 13.2 Å². The van der Waals surface area contributed by atoms with Gasteiger partial charge < -0.3 is 20.7 Å². The van der Waals surface area contributed by atoms with Crippen LogP contribution in [0.3, 0.4) is 0 Å². The van der Waals surface area contributed by atoms with Gasteiger partial charge in [0.15, 0.2) is 5.82 Å². The van der Waals surface area contributed by atoms with Gasteiger partial charge in [0.1, 0.15) is 12.3 Å². The summed E-state index contributed by atoms with van der Waals surface area (Å²) < 4.78 is 5.18. The molecule has 11 heteroatoms. The minimum absolute atomic E-state index is 0.0737. The highest BCUT2D eigenvalue weighted by atomic mass is 35.5. The maximum atomic E-state index is 12.6. The average molecular weight is 444 g/mol. The molecule has 10 nitrogen and oxygen atoms in total. The third-order valence-corrected chi connectivity index (χ3v) is 4.60. The second-order valence-electron chi connectivity index (χ2n) is 6.56. The SMILES string of the molecule is CNC(=O)Cn1nnc([C@H](Cc2ccc(OC)cc2)NC(=O)Nc2ccc(Cl)cc2)n1. The molecule has 1 aromatic heterocycles. The first-order chi connectivity index (χ1) is 15.0. The molecule has 0 saturated heterocycles. The third-order valence-electron chi connectivity index (χ3n) is 4.35. The number of benzene rings is 2. The van der Waals surface area contributed by atoms with E-state index < -0.39 is 12.1 Å². The first-order valence-electron chi connectivity index (χ1n) is 9.41. The van der Waals surface area contributed by atoms with E-state index in [1.807, 2.05) is 24.3 Å². The molecule has 3 amide bonds. The standard InChI is InChI=1S/C20H22ClN7O3/c1-22-18(29)12-28-26-19(25-27-28)17(11-13-3-9-16(31-2)10-4-13)24-20(30)23-15-7-5-14(21)6-8-15/h3-10,17H,11-12H2,1-2H3,(H,22,29)(H2,23,24,30)/t17-/m0/s1. The molecule has 2 aromatic carbocycles. The van der Waals surface area contributed by atoms with Gasteiger partial charge in [-0.2, -0.15) is 4.80 Å². The number of amides is 3. The van der Waals surface area contributed by atoms with E-state index in [0.717, 1.165) is 11.3 Å². The Morgan fingerprint density at radius 3 is 2.48 bits per heavy atom. The van der Waals surface area contributed by atoms with Crippen molar-refractivity contribution in [2.75, 3.05) is 19.5 Å². The molecule has 0 saturated carbocycles. The van der Waals surface area contributed by atoms with Crippen molar-refractivity contribution >= 4 is 29.2 Å². The van der Waals surface area contributed by atoms with Crippen LogP contribution >= 0.6 is 11.6 Å². The van der Waals surface area contributed by atoms with E-state index >= 15 is 0 Å². The molecule has 3 rings (SSSR count). The van der Waals surface area contributed by atoms with Crippen LogP contribution in [0.5, 0.6) is 5.75 Å². The molecule has 0 unspecified atom stereocenters. The maximum Gasteiger partial charge on any atom is 0.319 e. The average Bonchev–Trinajstić information content (AvgIpc) is 3.23. The van der Waals surface area contributed by atoms with Gasteiger partial charge >= 0.3 is 6.03 Å². The number of anilines is 1. The normalized spacial score (nSPS) is 11.5. The lowest BCUT2D eigenvalue weighted by Gasteiger charge is -2.16. The number of carbonyl (C=O) groups is 2. The number of carbonyl (C=O) groups excluding carboxylic acids is 2. The number of likely N-dealkylation sites (N-methyl/N-ethyl adjacent to an activating group) is 1. The quantitative estimate of drug-likeness (QED) is 0.490. The third kappa shape index (κ3) is 6.41. The fourth-order valence-electron chi connectivity index (χ4n) is 2.73. The van der Waals surface area contributed by atoms with Gasteiger partial charge in [-0.05, 0) is 47.2 Å². The van der Waals surface area contributed by atoms with Crippen molar-refractivity contribution in [2.24, 2.45) is 0 Å². The topological polar surface area (TPSA) is 123 Å². The zero-order valence-electron chi connectivity index (χ0n) is 17.0.